The Morgan fingerprint density at radius 2 is 1.97 bits per heavy atom. The number of rotatable bonds is 7. The average Bonchev–Trinajstić information content (AvgIpc) is 2.63. The second kappa shape index (κ2) is 10.5. The second-order valence-electron chi connectivity index (χ2n) is 6.69. The number of pyridine rings is 1. The van der Waals surface area contributed by atoms with Crippen molar-refractivity contribution in [3.05, 3.63) is 63.4 Å². The van der Waals surface area contributed by atoms with E-state index in [2.05, 4.69) is 15.6 Å². The number of allylic oxidation sites excluding steroid dienone is 1. The summed E-state index contributed by atoms with van der Waals surface area (Å²) in [6.07, 6.45) is 2.69. The largest absolute Gasteiger partial charge is 0.350 e. The summed E-state index contributed by atoms with van der Waals surface area (Å²) >= 11 is 17.9. The van der Waals surface area contributed by atoms with Crippen LogP contribution in [0.4, 0.5) is 11.5 Å². The Morgan fingerprint density at radius 1 is 1.27 bits per heavy atom. The van der Waals surface area contributed by atoms with Gasteiger partial charge < -0.3 is 10.6 Å². The first-order valence-corrected chi connectivity index (χ1v) is 10.0. The van der Waals surface area contributed by atoms with Crippen molar-refractivity contribution >= 4 is 63.3 Å². The molecule has 30 heavy (non-hydrogen) atoms. The first kappa shape index (κ1) is 23.8. The van der Waals surface area contributed by atoms with Crippen molar-refractivity contribution in [3.63, 3.8) is 0 Å². The summed E-state index contributed by atoms with van der Waals surface area (Å²) in [5.74, 6) is -0.631. The molecule has 2 amide bonds. The maximum atomic E-state index is 13.0. The summed E-state index contributed by atoms with van der Waals surface area (Å²) in [4.78, 5) is 29.7. The molecule has 0 saturated heterocycles. The zero-order valence-electron chi connectivity index (χ0n) is 16.5. The number of hydrogen-bond donors (Lipinski definition) is 4. The Hall–Kier alpha value is -2.45. The third-order valence-corrected chi connectivity index (χ3v) is 4.47. The second-order valence-corrected chi connectivity index (χ2v) is 7.94. The van der Waals surface area contributed by atoms with Crippen LogP contribution in [0.25, 0.3) is 0 Å². The van der Waals surface area contributed by atoms with E-state index in [-0.39, 0.29) is 28.4 Å². The summed E-state index contributed by atoms with van der Waals surface area (Å²) in [6.45, 7) is 5.37. The van der Waals surface area contributed by atoms with Crippen LogP contribution in [0, 0.1) is 12.3 Å². The van der Waals surface area contributed by atoms with Crippen LogP contribution in [0.2, 0.25) is 10.0 Å². The van der Waals surface area contributed by atoms with Gasteiger partial charge in [0.05, 0.1) is 11.3 Å². The first-order chi connectivity index (χ1) is 14.1. The molecule has 2 rings (SSSR count). The van der Waals surface area contributed by atoms with Gasteiger partial charge in [0.25, 0.3) is 5.91 Å². The van der Waals surface area contributed by atoms with Gasteiger partial charge in [-0.05, 0) is 50.6 Å². The molecule has 0 atom stereocenters. The number of benzene rings is 1. The predicted molar refractivity (Wildman–Crippen MR) is 120 cm³/mol. The van der Waals surface area contributed by atoms with Crippen molar-refractivity contribution in [1.82, 2.24) is 10.3 Å². The molecule has 0 bridgehead atoms. The molecule has 0 aliphatic heterocycles. The highest BCUT2D eigenvalue weighted by Gasteiger charge is 2.23. The molecule has 0 fully saturated rings. The number of nitrogens with one attached hydrogen (secondary N) is 3. The highest BCUT2D eigenvalue weighted by molar-refractivity contribution is 6.67. The van der Waals surface area contributed by atoms with Crippen molar-refractivity contribution in [2.45, 2.75) is 26.8 Å². The molecule has 1 aromatic carbocycles. The quantitative estimate of drug-likeness (QED) is 0.366. The highest BCUT2D eigenvalue weighted by Crippen LogP contribution is 2.26. The first-order valence-electron chi connectivity index (χ1n) is 8.92. The van der Waals surface area contributed by atoms with Gasteiger partial charge in [-0.3, -0.25) is 20.3 Å². The third kappa shape index (κ3) is 6.53. The van der Waals surface area contributed by atoms with E-state index >= 15 is 0 Å². The fourth-order valence-corrected chi connectivity index (χ4v) is 3.14. The van der Waals surface area contributed by atoms with Crippen LogP contribution in [0.5, 0.6) is 0 Å². The molecule has 0 spiro atoms. The van der Waals surface area contributed by atoms with Gasteiger partial charge in [0.15, 0.2) is 0 Å². The minimum absolute atomic E-state index is 0.0418. The summed E-state index contributed by atoms with van der Waals surface area (Å²) in [7, 11) is 0. The van der Waals surface area contributed by atoms with Crippen LogP contribution in [-0.2, 0) is 4.79 Å². The van der Waals surface area contributed by atoms with Crippen LogP contribution in [0.1, 0.15) is 29.8 Å². The van der Waals surface area contributed by atoms with Gasteiger partial charge in [-0.1, -0.05) is 34.8 Å². The monoisotopic (exact) mass is 468 g/mol. The number of hydrogen-bond acceptors (Lipinski definition) is 4. The number of quaternary nitrogens is 1. The summed E-state index contributed by atoms with van der Waals surface area (Å²) in [5, 5.41) is 14.8. The molecule has 1 aromatic heterocycles. The van der Waals surface area contributed by atoms with Crippen molar-refractivity contribution in [1.29, 1.82) is 5.41 Å². The van der Waals surface area contributed by atoms with Crippen molar-refractivity contribution in [3.8, 4) is 0 Å². The molecule has 0 radical (unpaired) electrons. The zero-order valence-corrected chi connectivity index (χ0v) is 18.8. The lowest BCUT2D eigenvalue weighted by Gasteiger charge is -2.16. The molecule has 10 heteroatoms. The number of aromatic nitrogens is 1. The molecule has 158 valence electrons. The Morgan fingerprint density at radius 3 is 2.57 bits per heavy atom. The number of anilines is 1. The fourth-order valence-electron chi connectivity index (χ4n) is 2.57. The van der Waals surface area contributed by atoms with E-state index in [1.165, 1.54) is 23.7 Å². The topological polar surface area (TPSA) is 112 Å². The molecular formula is C20H21Cl3N5O2+. The van der Waals surface area contributed by atoms with E-state index in [1.807, 2.05) is 13.8 Å². The number of carbonyl (C=O) groups is 2. The van der Waals surface area contributed by atoms with Crippen molar-refractivity contribution in [2.75, 3.05) is 5.32 Å². The Kier molecular flexibility index (Phi) is 8.37. The number of carbonyl (C=O) groups excluding carboxylic acids is 2. The number of amides is 2. The molecule has 1 heterocycles. The molecule has 7 nitrogen and oxygen atoms in total. The van der Waals surface area contributed by atoms with E-state index in [1.54, 1.807) is 25.1 Å². The molecule has 0 unspecified atom stereocenters. The van der Waals surface area contributed by atoms with E-state index in [9.17, 15) is 9.59 Å². The molecule has 0 aliphatic rings. The van der Waals surface area contributed by atoms with Crippen LogP contribution in [0.3, 0.4) is 0 Å². The number of aryl methyl sites for hydroxylation is 1. The Balaban J connectivity index is 2.41. The standard InChI is InChI=1S/C20H20Cl3N5O2/c1-10(2)26-19(29)13-8-12(21)7-11(3)17(13)28-20(30)15(9-16(23)24)27-18-14(22)5-4-6-25-18/h4-10,24H,1-3H3,(H,25,27)(H,26,29)(H,28,30)/p+1. The van der Waals surface area contributed by atoms with Crippen molar-refractivity contribution in [2.24, 2.45) is 0 Å². The van der Waals surface area contributed by atoms with Gasteiger partial charge in [-0.15, -0.1) is 0 Å². The van der Waals surface area contributed by atoms with Gasteiger partial charge >= 0.3 is 5.91 Å². The smallest absolute Gasteiger partial charge is 0.310 e. The maximum absolute atomic E-state index is 13.0. The fraction of sp³-hybridized carbons (Fsp3) is 0.200. The van der Waals surface area contributed by atoms with E-state index in [0.717, 1.165) is 0 Å². The maximum Gasteiger partial charge on any atom is 0.310 e. The number of nitrogens with zero attached hydrogens (tertiary/aromatic N) is 1. The minimum atomic E-state index is -0.592. The molecular weight excluding hydrogens is 449 g/mol. The zero-order chi connectivity index (χ0) is 22.4. The number of halogens is 3. The van der Waals surface area contributed by atoms with Gasteiger partial charge in [-0.2, -0.15) is 0 Å². The van der Waals surface area contributed by atoms with E-state index in [0.29, 0.717) is 27.1 Å². The highest BCUT2D eigenvalue weighted by atomic mass is 35.5. The van der Waals surface area contributed by atoms with E-state index in [4.69, 9.17) is 40.2 Å². The summed E-state index contributed by atoms with van der Waals surface area (Å²) < 4.78 is 0. The van der Waals surface area contributed by atoms with Gasteiger partial charge in [0, 0.05) is 23.3 Å². The Labute approximate surface area is 189 Å². The number of nitrogens with two attached hydrogens (primary N) is 1. The van der Waals surface area contributed by atoms with Crippen LogP contribution >= 0.6 is 34.8 Å². The van der Waals surface area contributed by atoms with Crippen LogP contribution in [-0.4, -0.2) is 28.0 Å². The SMILES string of the molecule is Cc1cc(Cl)cc(C(=O)NC(C)C)c1NC(=O)C(=CC(=N)Cl)[NH2+]c1ncccc1Cl. The molecule has 5 N–H and O–H groups in total. The van der Waals surface area contributed by atoms with Gasteiger partial charge in [0.1, 0.15) is 10.2 Å². The van der Waals surface area contributed by atoms with Crippen molar-refractivity contribution < 1.29 is 14.9 Å². The van der Waals surface area contributed by atoms with E-state index < -0.39 is 5.91 Å². The lowest BCUT2D eigenvalue weighted by molar-refractivity contribution is -0.514. The normalized spacial score (nSPS) is 11.4. The third-order valence-electron chi connectivity index (χ3n) is 3.83. The minimum Gasteiger partial charge on any atom is -0.350 e. The lowest BCUT2D eigenvalue weighted by atomic mass is 10.1. The summed E-state index contributed by atoms with van der Waals surface area (Å²) in [5.41, 5.74) is 1.16. The molecule has 2 aromatic rings. The molecule has 0 aliphatic carbocycles. The van der Waals surface area contributed by atoms with Gasteiger partial charge in [-0.25, -0.2) is 4.98 Å². The summed E-state index contributed by atoms with van der Waals surface area (Å²) in [6, 6.07) is 6.29. The predicted octanol–water partition coefficient (Wildman–Crippen LogP) is 3.77. The average molecular weight is 470 g/mol. The van der Waals surface area contributed by atoms with Crippen LogP contribution < -0.4 is 16.0 Å². The van der Waals surface area contributed by atoms with Gasteiger partial charge in [0.2, 0.25) is 11.5 Å². The lowest BCUT2D eigenvalue weighted by Crippen LogP contribution is -2.78. The Bertz CT molecular complexity index is 1020. The van der Waals surface area contributed by atoms with Crippen LogP contribution in [0.15, 0.2) is 42.2 Å². The molecule has 0 saturated carbocycles.